The molecule has 0 fully saturated rings. The van der Waals surface area contributed by atoms with Gasteiger partial charge in [-0.05, 0) is 42.8 Å². The first-order valence-corrected chi connectivity index (χ1v) is 7.97. The molecule has 132 valence electrons. The first-order valence-electron chi connectivity index (χ1n) is 7.97. The number of methoxy groups -OCH3 is 2. The summed E-state index contributed by atoms with van der Waals surface area (Å²) in [5.74, 6) is 0.0833. The molecule has 0 atom stereocenters. The summed E-state index contributed by atoms with van der Waals surface area (Å²) in [5.41, 5.74) is 1.59. The first-order chi connectivity index (χ1) is 12.2. The smallest absolute Gasteiger partial charge is 0.259 e. The third kappa shape index (κ3) is 5.32. The highest BCUT2D eigenvalue weighted by molar-refractivity contribution is 6.06. The molecule has 6 heteroatoms. The molecule has 6 nitrogen and oxygen atoms in total. The lowest BCUT2D eigenvalue weighted by molar-refractivity contribution is 0.0948. The molecule has 0 spiro atoms. The average Bonchev–Trinajstić information content (AvgIpc) is 2.65. The topological polar surface area (TPSA) is 76.7 Å². The molecule has 2 N–H and O–H groups in total. The van der Waals surface area contributed by atoms with Crippen molar-refractivity contribution >= 4 is 17.5 Å². The van der Waals surface area contributed by atoms with Crippen molar-refractivity contribution in [3.05, 3.63) is 59.7 Å². The number of hydrogen-bond donors (Lipinski definition) is 2. The minimum absolute atomic E-state index is 0.154. The van der Waals surface area contributed by atoms with Crippen molar-refractivity contribution in [2.24, 2.45) is 0 Å². The molecule has 0 aliphatic heterocycles. The number of anilines is 1. The maximum Gasteiger partial charge on any atom is 0.259 e. The summed E-state index contributed by atoms with van der Waals surface area (Å²) in [6, 6.07) is 13.7. The summed E-state index contributed by atoms with van der Waals surface area (Å²) < 4.78 is 10.1. The second-order valence-electron chi connectivity index (χ2n) is 5.33. The van der Waals surface area contributed by atoms with Crippen LogP contribution in [0.1, 0.15) is 27.1 Å². The fraction of sp³-hybridized carbons (Fsp3) is 0.263. The number of para-hydroxylation sites is 1. The molecule has 0 heterocycles. The fourth-order valence-corrected chi connectivity index (χ4v) is 2.26. The molecule has 25 heavy (non-hydrogen) atoms. The van der Waals surface area contributed by atoms with E-state index in [1.54, 1.807) is 55.6 Å². The van der Waals surface area contributed by atoms with Gasteiger partial charge in [-0.3, -0.25) is 9.59 Å². The van der Waals surface area contributed by atoms with E-state index >= 15 is 0 Å². The van der Waals surface area contributed by atoms with Crippen molar-refractivity contribution in [2.75, 3.05) is 32.7 Å². The van der Waals surface area contributed by atoms with E-state index in [1.807, 2.05) is 0 Å². The predicted octanol–water partition coefficient (Wildman–Crippen LogP) is 2.71. The quantitative estimate of drug-likeness (QED) is 0.723. The van der Waals surface area contributed by atoms with Gasteiger partial charge in [-0.25, -0.2) is 0 Å². The Kier molecular flexibility index (Phi) is 6.98. The van der Waals surface area contributed by atoms with E-state index in [1.165, 1.54) is 7.11 Å². The molecule has 2 rings (SSSR count). The second kappa shape index (κ2) is 9.44. The van der Waals surface area contributed by atoms with Crippen LogP contribution in [-0.4, -0.2) is 39.2 Å². The lowest BCUT2D eigenvalue weighted by Gasteiger charge is -2.10. The molecule has 0 aliphatic carbocycles. The van der Waals surface area contributed by atoms with E-state index in [-0.39, 0.29) is 11.8 Å². The first kappa shape index (κ1) is 18.5. The third-order valence-corrected chi connectivity index (χ3v) is 3.57. The highest BCUT2D eigenvalue weighted by Crippen LogP contribution is 2.19. The normalized spacial score (nSPS) is 10.2. The maximum atomic E-state index is 12.3. The number of hydrogen-bond acceptors (Lipinski definition) is 4. The molecule has 0 unspecified atom stereocenters. The van der Waals surface area contributed by atoms with Crippen LogP contribution >= 0.6 is 0 Å². The number of rotatable bonds is 8. The van der Waals surface area contributed by atoms with Gasteiger partial charge in [-0.1, -0.05) is 12.1 Å². The molecule has 0 aliphatic rings. The van der Waals surface area contributed by atoms with Gasteiger partial charge in [0, 0.05) is 31.5 Å². The zero-order valence-electron chi connectivity index (χ0n) is 14.4. The summed E-state index contributed by atoms with van der Waals surface area (Å²) in [6.45, 7) is 1.16. The minimum atomic E-state index is -0.269. The van der Waals surface area contributed by atoms with Crippen molar-refractivity contribution in [1.29, 1.82) is 0 Å². The van der Waals surface area contributed by atoms with E-state index in [0.29, 0.717) is 35.7 Å². The summed E-state index contributed by atoms with van der Waals surface area (Å²) >= 11 is 0. The fourth-order valence-electron chi connectivity index (χ4n) is 2.26. The van der Waals surface area contributed by atoms with Crippen molar-refractivity contribution in [1.82, 2.24) is 5.32 Å². The summed E-state index contributed by atoms with van der Waals surface area (Å²) in [5, 5.41) is 5.60. The van der Waals surface area contributed by atoms with Crippen molar-refractivity contribution in [3.63, 3.8) is 0 Å². The largest absolute Gasteiger partial charge is 0.496 e. The van der Waals surface area contributed by atoms with Crippen molar-refractivity contribution < 1.29 is 19.1 Å². The van der Waals surface area contributed by atoms with Gasteiger partial charge < -0.3 is 20.1 Å². The summed E-state index contributed by atoms with van der Waals surface area (Å²) in [7, 11) is 3.14. The van der Waals surface area contributed by atoms with Gasteiger partial charge in [-0.15, -0.1) is 0 Å². The predicted molar refractivity (Wildman–Crippen MR) is 96.2 cm³/mol. The SMILES string of the molecule is COCCCNC(=O)c1ccc(NC(=O)c2ccccc2OC)cc1. The van der Waals surface area contributed by atoms with Crippen LogP contribution in [0.25, 0.3) is 0 Å². The molecule has 0 radical (unpaired) electrons. The van der Waals surface area contributed by atoms with Gasteiger partial charge >= 0.3 is 0 Å². The van der Waals surface area contributed by atoms with E-state index < -0.39 is 0 Å². The van der Waals surface area contributed by atoms with Crippen LogP contribution in [0.15, 0.2) is 48.5 Å². The van der Waals surface area contributed by atoms with Crippen LogP contribution in [0.4, 0.5) is 5.69 Å². The summed E-state index contributed by atoms with van der Waals surface area (Å²) in [6.07, 6.45) is 0.759. The Hall–Kier alpha value is -2.86. The number of benzene rings is 2. The second-order valence-corrected chi connectivity index (χ2v) is 5.33. The monoisotopic (exact) mass is 342 g/mol. The molecule has 2 aromatic rings. The van der Waals surface area contributed by atoms with Crippen LogP contribution < -0.4 is 15.4 Å². The highest BCUT2D eigenvalue weighted by Gasteiger charge is 2.12. The van der Waals surface area contributed by atoms with Crippen molar-refractivity contribution in [3.8, 4) is 5.75 Å². The van der Waals surface area contributed by atoms with Crippen molar-refractivity contribution in [2.45, 2.75) is 6.42 Å². The van der Waals surface area contributed by atoms with Gasteiger partial charge in [0.1, 0.15) is 5.75 Å². The van der Waals surface area contributed by atoms with Gasteiger partial charge in [0.2, 0.25) is 0 Å². The van der Waals surface area contributed by atoms with Crippen LogP contribution in [0.5, 0.6) is 5.75 Å². The molecular weight excluding hydrogens is 320 g/mol. The third-order valence-electron chi connectivity index (χ3n) is 3.57. The maximum absolute atomic E-state index is 12.3. The van der Waals surface area contributed by atoms with E-state index in [0.717, 1.165) is 6.42 Å². The molecule has 0 saturated heterocycles. The molecule has 2 amide bonds. The van der Waals surface area contributed by atoms with Crippen LogP contribution in [0, 0.1) is 0 Å². The Morgan fingerprint density at radius 2 is 1.68 bits per heavy atom. The number of nitrogens with one attached hydrogen (secondary N) is 2. The molecule has 0 saturated carbocycles. The van der Waals surface area contributed by atoms with Gasteiger partial charge in [0.05, 0.1) is 12.7 Å². The number of carbonyl (C=O) groups is 2. The Morgan fingerprint density at radius 3 is 2.36 bits per heavy atom. The number of amides is 2. The Bertz CT molecular complexity index is 714. The minimum Gasteiger partial charge on any atom is -0.496 e. The number of carbonyl (C=O) groups excluding carboxylic acids is 2. The Morgan fingerprint density at radius 1 is 0.960 bits per heavy atom. The van der Waals surface area contributed by atoms with Gasteiger partial charge in [0.25, 0.3) is 11.8 Å². The lowest BCUT2D eigenvalue weighted by Crippen LogP contribution is -2.25. The summed E-state index contributed by atoms with van der Waals surface area (Å²) in [4.78, 5) is 24.3. The number of ether oxygens (including phenoxy) is 2. The van der Waals surface area contributed by atoms with Gasteiger partial charge in [-0.2, -0.15) is 0 Å². The Labute approximate surface area is 147 Å². The molecular formula is C19H22N2O4. The van der Waals surface area contributed by atoms with Gasteiger partial charge in [0.15, 0.2) is 0 Å². The molecule has 0 bridgehead atoms. The lowest BCUT2D eigenvalue weighted by atomic mass is 10.1. The highest BCUT2D eigenvalue weighted by atomic mass is 16.5. The molecule has 2 aromatic carbocycles. The van der Waals surface area contributed by atoms with E-state index in [4.69, 9.17) is 9.47 Å². The molecule has 0 aromatic heterocycles. The zero-order valence-corrected chi connectivity index (χ0v) is 14.4. The van der Waals surface area contributed by atoms with E-state index in [2.05, 4.69) is 10.6 Å². The van der Waals surface area contributed by atoms with Crippen LogP contribution in [-0.2, 0) is 4.74 Å². The standard InChI is InChI=1S/C19H22N2O4/c1-24-13-5-12-20-18(22)14-8-10-15(11-9-14)21-19(23)16-6-3-4-7-17(16)25-2/h3-4,6-11H,5,12-13H2,1-2H3,(H,20,22)(H,21,23). The van der Waals surface area contributed by atoms with E-state index in [9.17, 15) is 9.59 Å². The zero-order chi connectivity index (χ0) is 18.1. The average molecular weight is 342 g/mol. The van der Waals surface area contributed by atoms with Crippen LogP contribution in [0.2, 0.25) is 0 Å². The Balaban J connectivity index is 1.95. The van der Waals surface area contributed by atoms with Crippen LogP contribution in [0.3, 0.4) is 0 Å².